The van der Waals surface area contributed by atoms with E-state index in [1.54, 1.807) is 7.11 Å². The van der Waals surface area contributed by atoms with Gasteiger partial charge in [-0.05, 0) is 40.3 Å². The van der Waals surface area contributed by atoms with Crippen molar-refractivity contribution in [3.63, 3.8) is 0 Å². The van der Waals surface area contributed by atoms with Crippen LogP contribution in [-0.4, -0.2) is 14.4 Å². The first-order valence-electron chi connectivity index (χ1n) is 3.88. The molecular formula is C9H11BIO. The van der Waals surface area contributed by atoms with E-state index in [9.17, 15) is 0 Å². The molecule has 0 atom stereocenters. The van der Waals surface area contributed by atoms with Crippen LogP contribution in [0.4, 0.5) is 0 Å². The second-order valence-corrected chi connectivity index (χ2v) is 3.73. The number of methoxy groups -OCH3 is 1. The maximum Gasteiger partial charge on any atom is 0.119 e. The molecule has 63 valence electrons. The summed E-state index contributed by atoms with van der Waals surface area (Å²) in [6, 6.07) is 6.17. The minimum Gasteiger partial charge on any atom is -0.497 e. The minimum atomic E-state index is 0.930. The van der Waals surface area contributed by atoms with E-state index in [2.05, 4.69) is 48.8 Å². The lowest BCUT2D eigenvalue weighted by Crippen LogP contribution is -1.95. The van der Waals surface area contributed by atoms with Gasteiger partial charge in [-0.3, -0.25) is 0 Å². The Hall–Kier alpha value is -0.185. The molecule has 0 heterocycles. The maximum atomic E-state index is 5.11. The van der Waals surface area contributed by atoms with E-state index >= 15 is 0 Å². The maximum absolute atomic E-state index is 5.11. The van der Waals surface area contributed by atoms with Crippen LogP contribution in [0.25, 0.3) is 0 Å². The van der Waals surface area contributed by atoms with Gasteiger partial charge in [-0.25, -0.2) is 0 Å². The van der Waals surface area contributed by atoms with Crippen molar-refractivity contribution in [3.8, 4) is 5.75 Å². The van der Waals surface area contributed by atoms with Crippen LogP contribution in [0.15, 0.2) is 18.2 Å². The van der Waals surface area contributed by atoms with Crippen molar-refractivity contribution in [3.05, 3.63) is 27.3 Å². The summed E-state index contributed by atoms with van der Waals surface area (Å²) in [4.78, 5) is 0. The van der Waals surface area contributed by atoms with Crippen LogP contribution in [0, 0.1) is 3.57 Å². The van der Waals surface area contributed by atoms with E-state index in [0.29, 0.717) is 0 Å². The Morgan fingerprint density at radius 1 is 1.50 bits per heavy atom. The largest absolute Gasteiger partial charge is 0.497 e. The van der Waals surface area contributed by atoms with Gasteiger partial charge in [-0.1, -0.05) is 19.2 Å². The molecule has 1 aromatic rings. The van der Waals surface area contributed by atoms with Gasteiger partial charge >= 0.3 is 0 Å². The smallest absolute Gasteiger partial charge is 0.119 e. The fourth-order valence-electron chi connectivity index (χ4n) is 1.04. The number of ether oxygens (including phenoxy) is 1. The van der Waals surface area contributed by atoms with Crippen LogP contribution in [0.2, 0.25) is 6.82 Å². The van der Waals surface area contributed by atoms with Crippen LogP contribution in [0.5, 0.6) is 5.75 Å². The first kappa shape index (κ1) is 9.90. The van der Waals surface area contributed by atoms with Crippen molar-refractivity contribution in [1.29, 1.82) is 0 Å². The first-order chi connectivity index (χ1) is 5.77. The van der Waals surface area contributed by atoms with Crippen LogP contribution in [-0.2, 0) is 6.32 Å². The molecule has 1 rings (SSSR count). The zero-order valence-corrected chi connectivity index (χ0v) is 9.46. The summed E-state index contributed by atoms with van der Waals surface area (Å²) in [5.74, 6) is 0.930. The summed E-state index contributed by atoms with van der Waals surface area (Å²) in [5, 5.41) is 0. The Balaban J connectivity index is 2.87. The highest BCUT2D eigenvalue weighted by Gasteiger charge is 1.99. The number of rotatable bonds is 3. The molecule has 0 N–H and O–H groups in total. The molecule has 0 aliphatic carbocycles. The topological polar surface area (TPSA) is 9.23 Å². The highest BCUT2D eigenvalue weighted by atomic mass is 127. The molecule has 0 spiro atoms. The molecule has 12 heavy (non-hydrogen) atoms. The summed E-state index contributed by atoms with van der Waals surface area (Å²) < 4.78 is 6.38. The second kappa shape index (κ2) is 4.75. The van der Waals surface area contributed by atoms with Gasteiger partial charge < -0.3 is 4.74 Å². The predicted molar refractivity (Wildman–Crippen MR) is 61.0 cm³/mol. The van der Waals surface area contributed by atoms with Gasteiger partial charge in [0, 0.05) is 3.57 Å². The van der Waals surface area contributed by atoms with Gasteiger partial charge in [-0.15, -0.1) is 0 Å². The fraction of sp³-hybridized carbons (Fsp3) is 0.333. The molecule has 3 heteroatoms. The Kier molecular flexibility index (Phi) is 3.92. The van der Waals surface area contributed by atoms with Gasteiger partial charge in [0.1, 0.15) is 13.0 Å². The Labute approximate surface area is 87.9 Å². The third-order valence-corrected chi connectivity index (χ3v) is 2.69. The monoisotopic (exact) mass is 273 g/mol. The molecule has 0 amide bonds. The summed E-state index contributed by atoms with van der Waals surface area (Å²) >= 11 is 2.33. The normalized spacial score (nSPS) is 9.58. The lowest BCUT2D eigenvalue weighted by Gasteiger charge is -2.04. The molecule has 0 unspecified atom stereocenters. The van der Waals surface area contributed by atoms with E-state index in [1.165, 1.54) is 9.13 Å². The van der Waals surface area contributed by atoms with Gasteiger partial charge in [0.2, 0.25) is 0 Å². The van der Waals surface area contributed by atoms with E-state index in [4.69, 9.17) is 4.74 Å². The average molecular weight is 273 g/mol. The third-order valence-electron chi connectivity index (χ3n) is 1.68. The molecule has 0 bridgehead atoms. The highest BCUT2D eigenvalue weighted by Crippen LogP contribution is 2.19. The van der Waals surface area contributed by atoms with Crippen molar-refractivity contribution >= 4 is 29.9 Å². The van der Waals surface area contributed by atoms with Crippen molar-refractivity contribution in [2.45, 2.75) is 13.1 Å². The lowest BCUT2D eigenvalue weighted by atomic mass is 9.75. The fourth-order valence-corrected chi connectivity index (χ4v) is 1.75. The van der Waals surface area contributed by atoms with E-state index in [1.807, 2.05) is 6.07 Å². The van der Waals surface area contributed by atoms with E-state index in [0.717, 1.165) is 12.1 Å². The minimum absolute atomic E-state index is 0.930. The summed E-state index contributed by atoms with van der Waals surface area (Å²) in [6.45, 7) is 2.07. The Morgan fingerprint density at radius 2 is 2.25 bits per heavy atom. The van der Waals surface area contributed by atoms with Crippen molar-refractivity contribution < 1.29 is 4.74 Å². The molecule has 0 aliphatic rings. The van der Waals surface area contributed by atoms with E-state index in [-0.39, 0.29) is 0 Å². The highest BCUT2D eigenvalue weighted by molar-refractivity contribution is 14.1. The Bertz CT molecular complexity index is 263. The molecule has 1 aromatic carbocycles. The first-order valence-corrected chi connectivity index (χ1v) is 4.96. The number of hydrogen-bond acceptors (Lipinski definition) is 1. The standard InChI is InChI=1S/C9H11BIO/c1-10-6-7-3-4-8(12-2)5-9(7)11/h3-5H,6H2,1-2H3. The van der Waals surface area contributed by atoms with Crippen molar-refractivity contribution in [1.82, 2.24) is 0 Å². The molecule has 0 fully saturated rings. The Morgan fingerprint density at radius 3 is 2.75 bits per heavy atom. The molecule has 1 radical (unpaired) electrons. The molecule has 0 aliphatic heterocycles. The summed E-state index contributed by atoms with van der Waals surface area (Å²) in [5.41, 5.74) is 1.36. The number of hydrogen-bond donors (Lipinski definition) is 0. The molecule has 0 saturated carbocycles. The van der Waals surface area contributed by atoms with Crippen LogP contribution in [0.1, 0.15) is 5.56 Å². The molecule has 0 saturated heterocycles. The summed E-state index contributed by atoms with van der Waals surface area (Å²) in [6.07, 6.45) is 1.03. The average Bonchev–Trinajstić information content (AvgIpc) is 2.09. The zero-order valence-electron chi connectivity index (χ0n) is 7.30. The van der Waals surface area contributed by atoms with E-state index < -0.39 is 0 Å². The van der Waals surface area contributed by atoms with Gasteiger partial charge in [0.25, 0.3) is 0 Å². The number of benzene rings is 1. The van der Waals surface area contributed by atoms with Gasteiger partial charge in [0.05, 0.1) is 7.11 Å². The number of halogens is 1. The van der Waals surface area contributed by atoms with Crippen molar-refractivity contribution in [2.75, 3.05) is 7.11 Å². The molecule has 1 nitrogen and oxygen atoms in total. The van der Waals surface area contributed by atoms with Gasteiger partial charge in [-0.2, -0.15) is 0 Å². The third kappa shape index (κ3) is 2.40. The zero-order chi connectivity index (χ0) is 8.97. The second-order valence-electron chi connectivity index (χ2n) is 2.57. The predicted octanol–water partition coefficient (Wildman–Crippen LogP) is 2.55. The SMILES string of the molecule is C[B]Cc1ccc(OC)cc1I. The molecule has 0 aromatic heterocycles. The van der Waals surface area contributed by atoms with Gasteiger partial charge in [0.15, 0.2) is 0 Å². The van der Waals surface area contributed by atoms with Crippen LogP contribution >= 0.6 is 22.6 Å². The molecular weight excluding hydrogens is 262 g/mol. The van der Waals surface area contributed by atoms with Crippen LogP contribution in [0.3, 0.4) is 0 Å². The summed E-state index contributed by atoms with van der Waals surface area (Å²) in [7, 11) is 3.85. The van der Waals surface area contributed by atoms with Crippen molar-refractivity contribution in [2.24, 2.45) is 0 Å². The van der Waals surface area contributed by atoms with Crippen LogP contribution < -0.4 is 4.74 Å². The quantitative estimate of drug-likeness (QED) is 0.607. The lowest BCUT2D eigenvalue weighted by molar-refractivity contribution is 0.414.